The second kappa shape index (κ2) is 8.69. The molecule has 0 fully saturated rings. The molecule has 0 unspecified atom stereocenters. The number of anilines is 1. The van der Waals surface area contributed by atoms with Crippen LogP contribution in [-0.2, 0) is 9.53 Å². The Balaban J connectivity index is 2.10. The van der Waals surface area contributed by atoms with E-state index in [1.807, 2.05) is 6.26 Å². The van der Waals surface area contributed by atoms with Crippen molar-refractivity contribution in [3.05, 3.63) is 24.3 Å². The normalized spacial score (nSPS) is 10.1. The molecule has 5 heteroatoms. The summed E-state index contributed by atoms with van der Waals surface area (Å²) in [5, 5.41) is 0. The molecule has 18 heavy (non-hydrogen) atoms. The van der Waals surface area contributed by atoms with Crippen LogP contribution in [0.2, 0.25) is 0 Å². The molecular weight excluding hydrogens is 250 g/mol. The lowest BCUT2D eigenvalue weighted by molar-refractivity contribution is -0.144. The molecule has 0 radical (unpaired) electrons. The van der Waals surface area contributed by atoms with Crippen molar-refractivity contribution in [3.8, 4) is 5.75 Å². The summed E-state index contributed by atoms with van der Waals surface area (Å²) >= 11 is 1.74. The van der Waals surface area contributed by atoms with Crippen molar-refractivity contribution in [1.29, 1.82) is 0 Å². The molecule has 0 saturated heterocycles. The molecule has 0 atom stereocenters. The molecule has 0 aliphatic heterocycles. The highest BCUT2D eigenvalue weighted by Gasteiger charge is 2.03. The molecule has 0 saturated carbocycles. The van der Waals surface area contributed by atoms with Crippen molar-refractivity contribution in [1.82, 2.24) is 0 Å². The zero-order chi connectivity index (χ0) is 13.2. The number of nitrogen functional groups attached to an aromatic ring is 1. The molecule has 0 bridgehead atoms. The smallest absolute Gasteiger partial charge is 0.309 e. The Hall–Kier alpha value is -1.36. The van der Waals surface area contributed by atoms with Gasteiger partial charge in [-0.3, -0.25) is 4.79 Å². The third-order valence-corrected chi connectivity index (χ3v) is 2.91. The number of esters is 1. The first-order valence-corrected chi connectivity index (χ1v) is 7.24. The van der Waals surface area contributed by atoms with E-state index in [-0.39, 0.29) is 12.4 Å². The number of thioether (sulfide) groups is 1. The van der Waals surface area contributed by atoms with Crippen LogP contribution in [0.5, 0.6) is 5.75 Å². The number of hydrogen-bond acceptors (Lipinski definition) is 5. The van der Waals surface area contributed by atoms with Crippen LogP contribution < -0.4 is 10.5 Å². The maximum Gasteiger partial charge on any atom is 0.309 e. The molecular formula is C13H19NO3S. The summed E-state index contributed by atoms with van der Waals surface area (Å²) in [6, 6.07) is 7.07. The summed E-state index contributed by atoms with van der Waals surface area (Å²) in [5.74, 6) is 1.50. The highest BCUT2D eigenvalue weighted by molar-refractivity contribution is 7.98. The lowest BCUT2D eigenvalue weighted by atomic mass is 10.3. The minimum absolute atomic E-state index is 0.216. The predicted molar refractivity (Wildman–Crippen MR) is 74.9 cm³/mol. The second-order valence-corrected chi connectivity index (χ2v) is 4.72. The van der Waals surface area contributed by atoms with E-state index in [1.54, 1.807) is 36.0 Å². The molecule has 0 amide bonds. The fourth-order valence-electron chi connectivity index (χ4n) is 1.28. The van der Waals surface area contributed by atoms with Gasteiger partial charge in [0.05, 0.1) is 19.6 Å². The van der Waals surface area contributed by atoms with Gasteiger partial charge in [-0.1, -0.05) is 0 Å². The van der Waals surface area contributed by atoms with Crippen molar-refractivity contribution >= 4 is 23.4 Å². The lowest BCUT2D eigenvalue weighted by Gasteiger charge is -2.07. The third-order valence-electron chi connectivity index (χ3n) is 2.21. The van der Waals surface area contributed by atoms with E-state index in [0.29, 0.717) is 24.7 Å². The van der Waals surface area contributed by atoms with Crippen molar-refractivity contribution in [2.24, 2.45) is 0 Å². The average Bonchev–Trinajstić information content (AvgIpc) is 2.37. The van der Waals surface area contributed by atoms with E-state index in [1.165, 1.54) is 0 Å². The molecule has 0 heterocycles. The van der Waals surface area contributed by atoms with Crippen molar-refractivity contribution in [3.63, 3.8) is 0 Å². The second-order valence-electron chi connectivity index (χ2n) is 3.73. The highest BCUT2D eigenvalue weighted by Crippen LogP contribution is 2.13. The molecule has 1 rings (SSSR count). The zero-order valence-corrected chi connectivity index (χ0v) is 11.4. The average molecular weight is 269 g/mol. The van der Waals surface area contributed by atoms with Crippen molar-refractivity contribution in [2.45, 2.75) is 12.8 Å². The fraction of sp³-hybridized carbons (Fsp3) is 0.462. The summed E-state index contributed by atoms with van der Waals surface area (Å²) in [5.41, 5.74) is 6.24. The van der Waals surface area contributed by atoms with Gasteiger partial charge in [-0.15, -0.1) is 0 Å². The minimum Gasteiger partial charge on any atom is -0.493 e. The van der Waals surface area contributed by atoms with Crippen LogP contribution in [0.4, 0.5) is 5.69 Å². The lowest BCUT2D eigenvalue weighted by Crippen LogP contribution is -2.11. The van der Waals surface area contributed by atoms with Crippen LogP contribution in [-0.4, -0.2) is 31.2 Å². The predicted octanol–water partition coefficient (Wildman–Crippen LogP) is 2.33. The standard InChI is InChI=1S/C13H19NO3S/c1-18-10-2-8-17-13(15)7-9-16-12-5-3-11(14)4-6-12/h3-6H,2,7-10,14H2,1H3. The quantitative estimate of drug-likeness (QED) is 0.446. The molecule has 100 valence electrons. The van der Waals surface area contributed by atoms with E-state index < -0.39 is 0 Å². The first kappa shape index (κ1) is 14.7. The number of carbonyl (C=O) groups is 1. The topological polar surface area (TPSA) is 61.5 Å². The molecule has 0 aliphatic carbocycles. The summed E-state index contributed by atoms with van der Waals surface area (Å²) in [6.07, 6.45) is 3.19. The molecule has 0 aromatic heterocycles. The van der Waals surface area contributed by atoms with Crippen LogP contribution >= 0.6 is 11.8 Å². The number of hydrogen-bond donors (Lipinski definition) is 1. The van der Waals surface area contributed by atoms with Gasteiger partial charge < -0.3 is 15.2 Å². The van der Waals surface area contributed by atoms with Gasteiger partial charge in [-0.2, -0.15) is 11.8 Å². The van der Waals surface area contributed by atoms with Crippen molar-refractivity contribution < 1.29 is 14.3 Å². The van der Waals surface area contributed by atoms with Gasteiger partial charge in [-0.05, 0) is 42.7 Å². The first-order valence-electron chi connectivity index (χ1n) is 5.85. The molecule has 1 aromatic rings. The Bertz CT molecular complexity index is 354. The van der Waals surface area contributed by atoms with E-state index >= 15 is 0 Å². The Morgan fingerprint density at radius 3 is 2.67 bits per heavy atom. The maximum absolute atomic E-state index is 11.3. The minimum atomic E-state index is -0.216. The van der Waals surface area contributed by atoms with Crippen LogP contribution in [0.25, 0.3) is 0 Å². The fourth-order valence-corrected chi connectivity index (χ4v) is 1.68. The van der Waals surface area contributed by atoms with Crippen LogP contribution in [0.15, 0.2) is 24.3 Å². The Morgan fingerprint density at radius 2 is 2.00 bits per heavy atom. The summed E-state index contributed by atoms with van der Waals surface area (Å²) in [7, 11) is 0. The number of ether oxygens (including phenoxy) is 2. The summed E-state index contributed by atoms with van der Waals surface area (Å²) < 4.78 is 10.4. The zero-order valence-electron chi connectivity index (χ0n) is 10.6. The maximum atomic E-state index is 11.3. The molecule has 1 aromatic carbocycles. The van der Waals surface area contributed by atoms with Gasteiger partial charge in [0, 0.05) is 5.69 Å². The molecule has 0 spiro atoms. The van der Waals surface area contributed by atoms with E-state index in [2.05, 4.69) is 0 Å². The Morgan fingerprint density at radius 1 is 1.28 bits per heavy atom. The van der Waals surface area contributed by atoms with E-state index in [4.69, 9.17) is 15.2 Å². The van der Waals surface area contributed by atoms with Gasteiger partial charge in [-0.25, -0.2) is 0 Å². The Labute approximate surface area is 112 Å². The third kappa shape index (κ3) is 6.39. The van der Waals surface area contributed by atoms with Crippen molar-refractivity contribution in [2.75, 3.05) is 31.0 Å². The molecule has 0 aliphatic rings. The monoisotopic (exact) mass is 269 g/mol. The number of rotatable bonds is 8. The van der Waals surface area contributed by atoms with Gasteiger partial charge in [0.2, 0.25) is 0 Å². The molecule has 4 nitrogen and oxygen atoms in total. The van der Waals surface area contributed by atoms with Gasteiger partial charge >= 0.3 is 5.97 Å². The largest absolute Gasteiger partial charge is 0.493 e. The van der Waals surface area contributed by atoms with Gasteiger partial charge in [0.25, 0.3) is 0 Å². The molecule has 2 N–H and O–H groups in total. The summed E-state index contributed by atoms with van der Waals surface area (Å²) in [6.45, 7) is 0.812. The van der Waals surface area contributed by atoms with Crippen LogP contribution in [0, 0.1) is 0 Å². The first-order chi connectivity index (χ1) is 8.72. The number of carbonyl (C=O) groups excluding carboxylic acids is 1. The van der Waals surface area contributed by atoms with Gasteiger partial charge in [0.15, 0.2) is 0 Å². The number of nitrogens with two attached hydrogens (primary N) is 1. The Kier molecular flexibility index (Phi) is 7.10. The van der Waals surface area contributed by atoms with Gasteiger partial charge in [0.1, 0.15) is 5.75 Å². The van der Waals surface area contributed by atoms with E-state index in [9.17, 15) is 4.79 Å². The van der Waals surface area contributed by atoms with Crippen LogP contribution in [0.1, 0.15) is 12.8 Å². The summed E-state index contributed by atoms with van der Waals surface area (Å²) in [4.78, 5) is 11.3. The van der Waals surface area contributed by atoms with Crippen LogP contribution in [0.3, 0.4) is 0 Å². The highest BCUT2D eigenvalue weighted by atomic mass is 32.2. The SMILES string of the molecule is CSCCCOC(=O)CCOc1ccc(N)cc1. The van der Waals surface area contributed by atoms with E-state index in [0.717, 1.165) is 12.2 Å². The number of benzene rings is 1.